The van der Waals surface area contributed by atoms with Gasteiger partial charge in [0.05, 0.1) is 18.8 Å². The second kappa shape index (κ2) is 6.52. The number of benzene rings is 1. The third-order valence-corrected chi connectivity index (χ3v) is 4.44. The number of hydrogen-bond donors (Lipinski definition) is 3. The van der Waals surface area contributed by atoms with E-state index in [0.29, 0.717) is 5.56 Å². The van der Waals surface area contributed by atoms with Crippen LogP contribution >= 0.6 is 0 Å². The lowest BCUT2D eigenvalue weighted by atomic mass is 9.67. The maximum absolute atomic E-state index is 11.9. The topological polar surface area (TPSA) is 104 Å². The van der Waals surface area contributed by atoms with E-state index in [1.807, 2.05) is 0 Å². The molecular weight excluding hydrogens is 300 g/mol. The molecule has 6 nitrogen and oxygen atoms in total. The second-order valence-electron chi connectivity index (χ2n) is 5.82. The van der Waals surface area contributed by atoms with Gasteiger partial charge in [-0.1, -0.05) is 24.3 Å². The first-order chi connectivity index (χ1) is 10.8. The smallest absolute Gasteiger partial charge is 0.337 e. The summed E-state index contributed by atoms with van der Waals surface area (Å²) < 4.78 is 4.66. The van der Waals surface area contributed by atoms with Crippen molar-refractivity contribution in [2.24, 2.45) is 5.92 Å². The number of carboxylic acids is 1. The molecular formula is C17H20O6. The van der Waals surface area contributed by atoms with Crippen molar-refractivity contribution in [1.29, 1.82) is 0 Å². The van der Waals surface area contributed by atoms with Crippen molar-refractivity contribution in [2.75, 3.05) is 7.11 Å². The first-order valence-electron chi connectivity index (χ1n) is 7.27. The van der Waals surface area contributed by atoms with Crippen LogP contribution in [0.2, 0.25) is 0 Å². The summed E-state index contributed by atoms with van der Waals surface area (Å²) in [4.78, 5) is 23.4. The number of esters is 1. The van der Waals surface area contributed by atoms with E-state index in [0.717, 1.165) is 0 Å². The van der Waals surface area contributed by atoms with Crippen LogP contribution in [-0.2, 0) is 9.53 Å². The minimum absolute atomic E-state index is 0.0178. The van der Waals surface area contributed by atoms with Crippen molar-refractivity contribution in [3.63, 3.8) is 0 Å². The van der Waals surface area contributed by atoms with Crippen molar-refractivity contribution in [2.45, 2.75) is 30.5 Å². The number of carboxylic acid groups (broad SMARTS) is 1. The summed E-state index contributed by atoms with van der Waals surface area (Å²) in [6, 6.07) is 6.25. The number of ether oxygens (including phenoxy) is 1. The third-order valence-electron chi connectivity index (χ3n) is 4.44. The molecule has 0 spiro atoms. The Labute approximate surface area is 134 Å². The summed E-state index contributed by atoms with van der Waals surface area (Å²) in [6.07, 6.45) is 0.387. The molecule has 4 atom stereocenters. The van der Waals surface area contributed by atoms with E-state index in [1.54, 1.807) is 18.2 Å². The Morgan fingerprint density at radius 1 is 1.35 bits per heavy atom. The van der Waals surface area contributed by atoms with Crippen LogP contribution < -0.4 is 0 Å². The van der Waals surface area contributed by atoms with Crippen molar-refractivity contribution >= 4 is 11.9 Å². The van der Waals surface area contributed by atoms with Gasteiger partial charge in [-0.25, -0.2) is 9.59 Å². The van der Waals surface area contributed by atoms with Gasteiger partial charge in [0.25, 0.3) is 0 Å². The molecule has 0 aromatic heterocycles. The standard InChI is InChI=1S/C17H20O6/c1-3-10-8-17(22,16(21)23-2)9-13(14(10)18)11-6-4-5-7-12(11)15(19)20/h3-7,10,13-14,18,22H,1,8-9H2,2H3,(H,19,20)/t10-,13-,14+,17-/m1/s1. The normalized spacial score (nSPS) is 30.5. The highest BCUT2D eigenvalue weighted by molar-refractivity contribution is 5.89. The Hall–Kier alpha value is -2.18. The van der Waals surface area contributed by atoms with Gasteiger partial charge in [0.15, 0.2) is 5.60 Å². The minimum atomic E-state index is -1.79. The predicted molar refractivity (Wildman–Crippen MR) is 82.0 cm³/mol. The van der Waals surface area contributed by atoms with Crippen LogP contribution in [-0.4, -0.2) is 46.1 Å². The average molecular weight is 320 g/mol. The summed E-state index contributed by atoms with van der Waals surface area (Å²) in [5.74, 6) is -3.20. The van der Waals surface area contributed by atoms with E-state index in [-0.39, 0.29) is 18.4 Å². The molecule has 1 aliphatic carbocycles. The first kappa shape index (κ1) is 17.2. The molecule has 1 aromatic rings. The number of aliphatic hydroxyl groups is 2. The number of aliphatic hydroxyl groups excluding tert-OH is 1. The zero-order valence-corrected chi connectivity index (χ0v) is 12.8. The maximum Gasteiger partial charge on any atom is 0.337 e. The van der Waals surface area contributed by atoms with Gasteiger partial charge >= 0.3 is 11.9 Å². The molecule has 1 fully saturated rings. The molecule has 0 aliphatic heterocycles. The van der Waals surface area contributed by atoms with Gasteiger partial charge in [-0.05, 0) is 24.5 Å². The number of aromatic carboxylic acids is 1. The van der Waals surface area contributed by atoms with Gasteiger partial charge in [-0.3, -0.25) is 0 Å². The fourth-order valence-electron chi connectivity index (χ4n) is 3.27. The largest absolute Gasteiger partial charge is 0.478 e. The van der Waals surface area contributed by atoms with Crippen molar-refractivity contribution in [3.05, 3.63) is 48.0 Å². The Morgan fingerprint density at radius 3 is 2.57 bits per heavy atom. The molecule has 124 valence electrons. The fraction of sp³-hybridized carbons (Fsp3) is 0.412. The molecule has 0 saturated heterocycles. The molecule has 23 heavy (non-hydrogen) atoms. The van der Waals surface area contributed by atoms with E-state index in [4.69, 9.17) is 0 Å². The second-order valence-corrected chi connectivity index (χ2v) is 5.82. The zero-order valence-electron chi connectivity index (χ0n) is 12.8. The molecule has 0 heterocycles. The summed E-state index contributed by atoms with van der Waals surface area (Å²) in [5.41, 5.74) is -1.38. The first-order valence-corrected chi connectivity index (χ1v) is 7.27. The van der Waals surface area contributed by atoms with Crippen LogP contribution in [0, 0.1) is 5.92 Å². The van der Waals surface area contributed by atoms with Crippen LogP contribution in [0.3, 0.4) is 0 Å². The highest BCUT2D eigenvalue weighted by Crippen LogP contribution is 2.43. The minimum Gasteiger partial charge on any atom is -0.478 e. The van der Waals surface area contributed by atoms with Gasteiger partial charge < -0.3 is 20.1 Å². The summed E-state index contributed by atoms with van der Waals surface area (Å²) >= 11 is 0. The summed E-state index contributed by atoms with van der Waals surface area (Å²) in [5, 5.41) is 30.5. The van der Waals surface area contributed by atoms with Crippen LogP contribution in [0.25, 0.3) is 0 Å². The highest BCUT2D eigenvalue weighted by atomic mass is 16.5. The summed E-state index contributed by atoms with van der Waals surface area (Å²) in [7, 11) is 1.18. The van der Waals surface area contributed by atoms with E-state index >= 15 is 0 Å². The number of carbonyl (C=O) groups is 2. The van der Waals surface area contributed by atoms with Crippen LogP contribution in [0.4, 0.5) is 0 Å². The molecule has 2 rings (SSSR count). The molecule has 0 radical (unpaired) electrons. The van der Waals surface area contributed by atoms with E-state index in [9.17, 15) is 24.9 Å². The average Bonchev–Trinajstić information content (AvgIpc) is 2.55. The Morgan fingerprint density at radius 2 is 2.00 bits per heavy atom. The number of hydrogen-bond acceptors (Lipinski definition) is 5. The maximum atomic E-state index is 11.9. The van der Waals surface area contributed by atoms with Crippen molar-refractivity contribution in [1.82, 2.24) is 0 Å². The highest BCUT2D eigenvalue weighted by Gasteiger charge is 2.49. The van der Waals surface area contributed by atoms with Gasteiger partial charge in [0.1, 0.15) is 0 Å². The lowest BCUT2D eigenvalue weighted by molar-refractivity contribution is -0.171. The predicted octanol–water partition coefficient (Wildman–Crippen LogP) is 1.33. The quantitative estimate of drug-likeness (QED) is 0.571. The zero-order chi connectivity index (χ0) is 17.2. The molecule has 1 saturated carbocycles. The fourth-order valence-corrected chi connectivity index (χ4v) is 3.27. The van der Waals surface area contributed by atoms with Gasteiger partial charge in [0, 0.05) is 11.8 Å². The van der Waals surface area contributed by atoms with Crippen molar-refractivity contribution in [3.8, 4) is 0 Å². The lowest BCUT2D eigenvalue weighted by Crippen LogP contribution is -2.51. The molecule has 3 N–H and O–H groups in total. The molecule has 0 bridgehead atoms. The lowest BCUT2D eigenvalue weighted by Gasteiger charge is -2.42. The Kier molecular flexibility index (Phi) is 4.87. The summed E-state index contributed by atoms with van der Waals surface area (Å²) in [6.45, 7) is 3.63. The van der Waals surface area contributed by atoms with Gasteiger partial charge in [0.2, 0.25) is 0 Å². The molecule has 6 heteroatoms. The van der Waals surface area contributed by atoms with E-state index in [2.05, 4.69) is 11.3 Å². The van der Waals surface area contributed by atoms with Crippen LogP contribution in [0.1, 0.15) is 34.7 Å². The molecule has 0 amide bonds. The van der Waals surface area contributed by atoms with Crippen LogP contribution in [0.15, 0.2) is 36.9 Å². The van der Waals surface area contributed by atoms with Gasteiger partial charge in [-0.2, -0.15) is 0 Å². The molecule has 1 aromatic carbocycles. The monoisotopic (exact) mass is 320 g/mol. The molecule has 1 aliphatic rings. The third kappa shape index (κ3) is 3.13. The molecule has 0 unspecified atom stereocenters. The number of carbonyl (C=O) groups excluding carboxylic acids is 1. The van der Waals surface area contributed by atoms with Gasteiger partial charge in [-0.15, -0.1) is 6.58 Å². The SMILES string of the molecule is C=C[C@@H]1C[C@](O)(C(=O)OC)C[C@H](c2ccccc2C(=O)O)[C@H]1O. The Balaban J connectivity index is 2.49. The van der Waals surface area contributed by atoms with E-state index in [1.165, 1.54) is 19.3 Å². The van der Waals surface area contributed by atoms with Crippen LogP contribution in [0.5, 0.6) is 0 Å². The number of rotatable bonds is 4. The number of methoxy groups -OCH3 is 1. The Bertz CT molecular complexity index is 625. The van der Waals surface area contributed by atoms with Crippen molar-refractivity contribution < 1.29 is 29.6 Å². The van der Waals surface area contributed by atoms with E-state index < -0.39 is 35.5 Å².